The van der Waals surface area contributed by atoms with Gasteiger partial charge in [-0.15, -0.1) is 12.2 Å². The molecule has 1 aliphatic carbocycles. The van der Waals surface area contributed by atoms with Gasteiger partial charge < -0.3 is 29.9 Å². The molecular weight excluding hydrogens is 363 g/mol. The smallest absolute Gasteiger partial charge is 1.00 e. The van der Waals surface area contributed by atoms with Crippen LogP contribution in [0, 0.1) is 6.08 Å². The van der Waals surface area contributed by atoms with Gasteiger partial charge in [-0.25, -0.2) is 12.2 Å². The van der Waals surface area contributed by atoms with Gasteiger partial charge in [-0.1, -0.05) is 65.3 Å². The third kappa shape index (κ3) is 9.62. The number of allylic oxidation sites excluding steroid dienone is 4. The van der Waals surface area contributed by atoms with E-state index >= 15 is 0 Å². The molecule has 1 aromatic carbocycles. The van der Waals surface area contributed by atoms with E-state index in [1.54, 1.807) is 6.07 Å². The molecule has 0 aromatic heterocycles. The van der Waals surface area contributed by atoms with Gasteiger partial charge >= 0.3 is 21.7 Å². The fraction of sp³-hybridized carbons (Fsp3) is 0.474. The summed E-state index contributed by atoms with van der Waals surface area (Å²) in [4.78, 5) is 0. The zero-order valence-electron chi connectivity index (χ0n) is 14.8. The molecule has 2 rings (SSSR count). The van der Waals surface area contributed by atoms with E-state index in [4.69, 9.17) is 0 Å². The summed E-state index contributed by atoms with van der Waals surface area (Å²) in [6.07, 6.45) is 10.0. The van der Waals surface area contributed by atoms with Gasteiger partial charge in [0.25, 0.3) is 0 Å². The molecule has 0 radical (unpaired) electrons. The molecule has 0 amide bonds. The summed E-state index contributed by atoms with van der Waals surface area (Å²) in [5.41, 5.74) is 2.00. The van der Waals surface area contributed by atoms with E-state index in [0.29, 0.717) is 0 Å². The minimum Gasteiger partial charge on any atom is -1.00 e. The van der Waals surface area contributed by atoms with Crippen LogP contribution >= 0.6 is 0 Å². The number of halogens is 2. The van der Waals surface area contributed by atoms with Crippen LogP contribution in [0.3, 0.4) is 0 Å². The van der Waals surface area contributed by atoms with Crippen molar-refractivity contribution in [2.75, 3.05) is 0 Å². The monoisotopic (exact) mass is 388 g/mol. The van der Waals surface area contributed by atoms with Crippen LogP contribution in [0.25, 0.3) is 0 Å². The Balaban J connectivity index is -0.000000431. The topological polar surface area (TPSA) is 23.1 Å². The zero-order chi connectivity index (χ0) is 15.4. The fourth-order valence-electron chi connectivity index (χ4n) is 1.95. The van der Waals surface area contributed by atoms with Crippen molar-refractivity contribution in [3.8, 4) is 5.75 Å². The van der Waals surface area contributed by atoms with Crippen molar-refractivity contribution in [1.29, 1.82) is 0 Å². The van der Waals surface area contributed by atoms with Crippen molar-refractivity contribution in [2.24, 2.45) is 0 Å². The first-order valence-electron chi connectivity index (χ1n) is 7.16. The Morgan fingerprint density at radius 1 is 0.957 bits per heavy atom. The summed E-state index contributed by atoms with van der Waals surface area (Å²) in [7, 11) is 0. The zero-order valence-corrected chi connectivity index (χ0v) is 17.9. The van der Waals surface area contributed by atoms with Crippen LogP contribution in [-0.4, -0.2) is 0 Å². The third-order valence-corrected chi connectivity index (χ3v) is 3.24. The van der Waals surface area contributed by atoms with E-state index in [-0.39, 0.29) is 63.1 Å². The Hall–Kier alpha value is -0.206. The van der Waals surface area contributed by atoms with E-state index in [2.05, 4.69) is 59.8 Å². The molecule has 0 saturated carbocycles. The van der Waals surface area contributed by atoms with Crippen molar-refractivity contribution in [3.63, 3.8) is 0 Å². The van der Waals surface area contributed by atoms with Gasteiger partial charge in [0.1, 0.15) is 0 Å². The third-order valence-electron chi connectivity index (χ3n) is 3.24. The van der Waals surface area contributed by atoms with Gasteiger partial charge in [0.15, 0.2) is 0 Å². The molecule has 4 heteroatoms. The standard InChI is InChI=1S/C14H22O.C5H5.2ClH.Ti/c1-13(2,3)10-7-8-11(12(15)9-10)14(4,5)6;1-2-4-5-3-1;;;/h7-9,15H,1-6H3;1-3H,4H2;2*1H;/q;-1;;;+4/p-3. The summed E-state index contributed by atoms with van der Waals surface area (Å²) in [6, 6.07) is 5.82. The maximum Gasteiger partial charge on any atom is 4.00 e. The number of hydrogen-bond donors (Lipinski definition) is 0. The summed E-state index contributed by atoms with van der Waals surface area (Å²) in [5.74, 6) is 0.162. The molecular formula is C19H26Cl2OTi. The van der Waals surface area contributed by atoms with Gasteiger partial charge in [-0.3, -0.25) is 6.08 Å². The molecule has 0 spiro atoms. The minimum atomic E-state index is -0.0620. The maximum atomic E-state index is 11.9. The van der Waals surface area contributed by atoms with E-state index in [1.165, 1.54) is 0 Å². The van der Waals surface area contributed by atoms with Crippen LogP contribution in [0.1, 0.15) is 59.1 Å². The second kappa shape index (κ2) is 11.4. The van der Waals surface area contributed by atoms with Gasteiger partial charge in [0.2, 0.25) is 0 Å². The van der Waals surface area contributed by atoms with Crippen LogP contribution in [0.15, 0.2) is 36.4 Å². The van der Waals surface area contributed by atoms with Crippen molar-refractivity contribution >= 4 is 0 Å². The summed E-state index contributed by atoms with van der Waals surface area (Å²) in [5, 5.41) is 11.9. The Labute approximate surface area is 169 Å². The number of rotatable bonds is 0. The van der Waals surface area contributed by atoms with Crippen LogP contribution in [-0.2, 0) is 32.5 Å². The SMILES string of the molecule is CC(C)(C)c1ccc(C(C)(C)C)c([O-])c1.[C-]1=CC=CC1.[Cl-].[Cl-].[Ti+4]. The number of hydrogen-bond acceptors (Lipinski definition) is 1. The molecule has 23 heavy (non-hydrogen) atoms. The Kier molecular flexibility index (Phi) is 13.7. The van der Waals surface area contributed by atoms with Gasteiger partial charge in [0.05, 0.1) is 0 Å². The maximum absolute atomic E-state index is 11.9. The summed E-state index contributed by atoms with van der Waals surface area (Å²) in [6.45, 7) is 12.6. The van der Waals surface area contributed by atoms with Gasteiger partial charge in [-0.2, -0.15) is 6.08 Å². The second-order valence-electron chi connectivity index (χ2n) is 7.21. The number of benzene rings is 1. The van der Waals surface area contributed by atoms with E-state index in [1.807, 2.05) is 18.2 Å². The second-order valence-corrected chi connectivity index (χ2v) is 7.21. The van der Waals surface area contributed by atoms with Gasteiger partial charge in [0, 0.05) is 0 Å². The molecule has 0 bridgehead atoms. The first kappa shape index (κ1) is 27.6. The molecule has 0 fully saturated rings. The van der Waals surface area contributed by atoms with Crippen LogP contribution in [0.5, 0.6) is 5.75 Å². The van der Waals surface area contributed by atoms with Crippen LogP contribution < -0.4 is 29.9 Å². The van der Waals surface area contributed by atoms with Crippen molar-refractivity contribution in [1.82, 2.24) is 0 Å². The molecule has 1 nitrogen and oxygen atoms in total. The first-order chi connectivity index (χ1) is 9.12. The molecule has 1 aromatic rings. The van der Waals surface area contributed by atoms with Gasteiger partial charge in [-0.05, 0) is 16.4 Å². The van der Waals surface area contributed by atoms with Crippen LogP contribution in [0.2, 0.25) is 0 Å². The van der Waals surface area contributed by atoms with Crippen molar-refractivity contribution < 1.29 is 51.6 Å². The van der Waals surface area contributed by atoms with E-state index in [0.717, 1.165) is 17.5 Å². The molecule has 0 aliphatic heterocycles. The van der Waals surface area contributed by atoms with Crippen LogP contribution in [0.4, 0.5) is 0 Å². The Morgan fingerprint density at radius 2 is 1.52 bits per heavy atom. The predicted molar refractivity (Wildman–Crippen MR) is 84.9 cm³/mol. The predicted octanol–water partition coefficient (Wildman–Crippen LogP) is -1.33. The molecule has 0 N–H and O–H groups in total. The van der Waals surface area contributed by atoms with E-state index in [9.17, 15) is 5.11 Å². The summed E-state index contributed by atoms with van der Waals surface area (Å²) < 4.78 is 0. The van der Waals surface area contributed by atoms with Crippen molar-refractivity contribution in [2.45, 2.75) is 58.8 Å². The average Bonchev–Trinajstić information content (AvgIpc) is 2.84. The molecule has 0 saturated heterocycles. The van der Waals surface area contributed by atoms with E-state index < -0.39 is 0 Å². The molecule has 0 unspecified atom stereocenters. The normalized spacial score (nSPS) is 12.3. The van der Waals surface area contributed by atoms with Crippen molar-refractivity contribution in [3.05, 3.63) is 53.6 Å². The fourth-order valence-corrected chi connectivity index (χ4v) is 1.95. The quantitative estimate of drug-likeness (QED) is 0.398. The molecule has 126 valence electrons. The Bertz CT molecular complexity index is 499. The largest absolute Gasteiger partial charge is 4.00 e. The summed E-state index contributed by atoms with van der Waals surface area (Å²) >= 11 is 0. The average molecular weight is 389 g/mol. The molecule has 1 aliphatic rings. The molecule has 0 heterocycles. The molecule has 0 atom stereocenters. The first-order valence-corrected chi connectivity index (χ1v) is 7.16. The Morgan fingerprint density at radius 3 is 1.78 bits per heavy atom. The minimum absolute atomic E-state index is 0.